The molecule has 0 spiro atoms. The summed E-state index contributed by atoms with van der Waals surface area (Å²) in [5, 5.41) is 17.3. The lowest BCUT2D eigenvalue weighted by atomic mass is 10.2. The van der Waals surface area contributed by atoms with Crippen molar-refractivity contribution in [1.29, 1.82) is 0 Å². The third-order valence-corrected chi connectivity index (χ3v) is 5.80. The number of piperazine rings is 1. The lowest BCUT2D eigenvalue weighted by Gasteiger charge is -2.35. The molecule has 1 aliphatic heterocycles. The highest BCUT2D eigenvalue weighted by atomic mass is 35.5. The number of aromatic nitrogens is 2. The zero-order valence-corrected chi connectivity index (χ0v) is 17.0. The van der Waals surface area contributed by atoms with Gasteiger partial charge in [0.25, 0.3) is 5.69 Å². The lowest BCUT2D eigenvalue weighted by Crippen LogP contribution is -2.48. The molecule has 0 aliphatic carbocycles. The van der Waals surface area contributed by atoms with Crippen molar-refractivity contribution in [3.63, 3.8) is 0 Å². The Morgan fingerprint density at radius 2 is 1.79 bits per heavy atom. The van der Waals surface area contributed by atoms with Gasteiger partial charge in [0.05, 0.1) is 27.5 Å². The minimum Gasteiger partial charge on any atom is -0.539 e. The SMILES string of the molecule is Cc1ccc(-[n+]2noc([O-])c2CN2CCN(c3cccc(Cl)c3Cl)CC2)cc1. The normalized spacial score (nSPS) is 15.2. The highest BCUT2D eigenvalue weighted by Gasteiger charge is 2.26. The van der Waals surface area contributed by atoms with E-state index in [0.717, 1.165) is 43.1 Å². The molecule has 1 saturated heterocycles. The molecule has 0 radical (unpaired) electrons. The number of anilines is 1. The molecule has 28 heavy (non-hydrogen) atoms. The first-order valence-electron chi connectivity index (χ1n) is 9.09. The molecule has 2 heterocycles. The number of nitrogens with zero attached hydrogens (tertiary/aromatic N) is 4. The van der Waals surface area contributed by atoms with Crippen LogP contribution in [-0.4, -0.2) is 36.4 Å². The van der Waals surface area contributed by atoms with Crippen LogP contribution in [0.5, 0.6) is 5.95 Å². The van der Waals surface area contributed by atoms with E-state index in [0.29, 0.717) is 22.3 Å². The van der Waals surface area contributed by atoms with Crippen molar-refractivity contribution in [2.75, 3.05) is 31.1 Å². The fourth-order valence-corrected chi connectivity index (χ4v) is 3.80. The first-order valence-corrected chi connectivity index (χ1v) is 9.85. The number of benzene rings is 2. The third-order valence-electron chi connectivity index (χ3n) is 4.99. The van der Waals surface area contributed by atoms with Gasteiger partial charge in [0.15, 0.2) is 5.95 Å². The minimum absolute atomic E-state index is 0.402. The van der Waals surface area contributed by atoms with Crippen molar-refractivity contribution in [2.45, 2.75) is 13.5 Å². The van der Waals surface area contributed by atoms with Crippen molar-refractivity contribution in [3.8, 4) is 11.6 Å². The number of rotatable bonds is 4. The van der Waals surface area contributed by atoms with Gasteiger partial charge in [-0.2, -0.15) is 0 Å². The summed E-state index contributed by atoms with van der Waals surface area (Å²) in [7, 11) is 0. The van der Waals surface area contributed by atoms with Crippen LogP contribution in [0.15, 0.2) is 47.0 Å². The molecular weight excluding hydrogens is 399 g/mol. The molecule has 1 aliphatic rings. The maximum atomic E-state index is 12.2. The fraction of sp³-hybridized carbons (Fsp3) is 0.300. The first-order chi connectivity index (χ1) is 13.5. The second kappa shape index (κ2) is 7.99. The Bertz CT molecular complexity index is 967. The van der Waals surface area contributed by atoms with Crippen molar-refractivity contribution in [1.82, 2.24) is 10.2 Å². The van der Waals surface area contributed by atoms with E-state index >= 15 is 0 Å². The average molecular weight is 419 g/mol. The molecule has 0 N–H and O–H groups in total. The van der Waals surface area contributed by atoms with E-state index in [4.69, 9.17) is 27.7 Å². The Hall–Kier alpha value is -2.28. The molecule has 2 aromatic carbocycles. The van der Waals surface area contributed by atoms with Crippen LogP contribution in [0.1, 0.15) is 11.3 Å². The number of halogens is 2. The molecule has 146 valence electrons. The van der Waals surface area contributed by atoms with Crippen LogP contribution in [0.2, 0.25) is 10.0 Å². The second-order valence-electron chi connectivity index (χ2n) is 6.89. The second-order valence-corrected chi connectivity index (χ2v) is 7.68. The summed E-state index contributed by atoms with van der Waals surface area (Å²) in [5.41, 5.74) is 3.43. The smallest absolute Gasteiger partial charge is 0.254 e. The maximum Gasteiger partial charge on any atom is 0.254 e. The van der Waals surface area contributed by atoms with Crippen molar-refractivity contribution in [2.24, 2.45) is 0 Å². The lowest BCUT2D eigenvalue weighted by molar-refractivity contribution is -0.678. The van der Waals surface area contributed by atoms with E-state index in [-0.39, 0.29) is 0 Å². The molecule has 8 heteroatoms. The van der Waals surface area contributed by atoms with Gasteiger partial charge in [-0.15, -0.1) is 0 Å². The Labute approximate surface area is 173 Å². The highest BCUT2D eigenvalue weighted by molar-refractivity contribution is 6.43. The molecule has 0 atom stereocenters. The summed E-state index contributed by atoms with van der Waals surface area (Å²) >= 11 is 12.5. The van der Waals surface area contributed by atoms with Gasteiger partial charge < -0.3 is 14.5 Å². The van der Waals surface area contributed by atoms with Crippen LogP contribution in [0, 0.1) is 6.92 Å². The monoisotopic (exact) mass is 418 g/mol. The predicted molar refractivity (Wildman–Crippen MR) is 106 cm³/mol. The van der Waals surface area contributed by atoms with E-state index in [2.05, 4.69) is 15.1 Å². The van der Waals surface area contributed by atoms with Gasteiger partial charge in [-0.1, -0.05) is 47.0 Å². The zero-order valence-electron chi connectivity index (χ0n) is 15.4. The van der Waals surface area contributed by atoms with Crippen molar-refractivity contribution >= 4 is 28.9 Å². The molecule has 0 saturated carbocycles. The van der Waals surface area contributed by atoms with E-state index in [9.17, 15) is 5.11 Å². The van der Waals surface area contributed by atoms with E-state index < -0.39 is 5.95 Å². The summed E-state index contributed by atoms with van der Waals surface area (Å²) in [5.74, 6) is -0.402. The van der Waals surface area contributed by atoms with Crippen molar-refractivity contribution < 1.29 is 14.3 Å². The van der Waals surface area contributed by atoms with Gasteiger partial charge in [-0.3, -0.25) is 4.90 Å². The molecule has 0 unspecified atom stereocenters. The predicted octanol–water partition coefficient (Wildman–Crippen LogP) is 2.96. The van der Waals surface area contributed by atoms with Crippen LogP contribution in [-0.2, 0) is 6.54 Å². The van der Waals surface area contributed by atoms with Gasteiger partial charge >= 0.3 is 0 Å². The minimum atomic E-state index is -0.402. The summed E-state index contributed by atoms with van der Waals surface area (Å²) in [6.45, 7) is 5.67. The summed E-state index contributed by atoms with van der Waals surface area (Å²) < 4.78 is 6.51. The van der Waals surface area contributed by atoms with Crippen molar-refractivity contribution in [3.05, 3.63) is 63.8 Å². The Morgan fingerprint density at radius 3 is 2.50 bits per heavy atom. The van der Waals surface area contributed by atoms with Gasteiger partial charge in [0, 0.05) is 38.3 Å². The molecule has 1 aromatic heterocycles. The van der Waals surface area contributed by atoms with Gasteiger partial charge in [-0.25, -0.2) is 0 Å². The first kappa shape index (κ1) is 19.1. The summed E-state index contributed by atoms with van der Waals surface area (Å²) in [6.07, 6.45) is 0. The number of hydrogen-bond donors (Lipinski definition) is 0. The molecule has 4 rings (SSSR count). The van der Waals surface area contributed by atoms with Crippen LogP contribution in [0.3, 0.4) is 0 Å². The topological polar surface area (TPSA) is 59.5 Å². The fourth-order valence-electron chi connectivity index (χ4n) is 3.38. The molecule has 0 bridgehead atoms. The van der Waals surface area contributed by atoms with Crippen LogP contribution in [0.25, 0.3) is 5.69 Å². The largest absolute Gasteiger partial charge is 0.539 e. The summed E-state index contributed by atoms with van der Waals surface area (Å²) in [4.78, 5) is 4.43. The van der Waals surface area contributed by atoms with Gasteiger partial charge in [0.1, 0.15) is 0 Å². The Balaban J connectivity index is 1.46. The van der Waals surface area contributed by atoms with Gasteiger partial charge in [-0.05, 0) is 23.7 Å². The standard InChI is InChI=1S/C20H20Cl2N4O2/c1-14-5-7-15(8-6-14)26-18(20(27)28-23-26)13-24-9-11-25(12-10-24)17-4-2-3-16(21)19(17)22/h2-8H,9-13H2,1H3. The Kier molecular flexibility index (Phi) is 5.44. The molecular formula is C20H20Cl2N4O2. The van der Waals surface area contributed by atoms with Crippen LogP contribution < -0.4 is 14.7 Å². The zero-order chi connectivity index (χ0) is 19.7. The quantitative estimate of drug-likeness (QED) is 0.609. The maximum absolute atomic E-state index is 12.2. The molecule has 0 amide bonds. The number of hydrogen-bond acceptors (Lipinski definition) is 5. The molecule has 6 nitrogen and oxygen atoms in total. The van der Waals surface area contributed by atoms with E-state index in [1.165, 1.54) is 0 Å². The molecule has 3 aromatic rings. The Morgan fingerprint density at radius 1 is 1.07 bits per heavy atom. The van der Waals surface area contributed by atoms with E-state index in [1.54, 1.807) is 10.7 Å². The molecule has 1 fully saturated rings. The van der Waals surface area contributed by atoms with Gasteiger partial charge in [0.2, 0.25) is 5.69 Å². The summed E-state index contributed by atoms with van der Waals surface area (Å²) in [6, 6.07) is 13.5. The highest BCUT2D eigenvalue weighted by Crippen LogP contribution is 2.33. The van der Waals surface area contributed by atoms with Crippen LogP contribution >= 0.6 is 23.2 Å². The van der Waals surface area contributed by atoms with Crippen LogP contribution in [0.4, 0.5) is 5.69 Å². The van der Waals surface area contributed by atoms with E-state index in [1.807, 2.05) is 43.3 Å². The number of aryl methyl sites for hydroxylation is 1. The average Bonchev–Trinajstić information content (AvgIpc) is 3.06. The third kappa shape index (κ3) is 3.81.